The summed E-state index contributed by atoms with van der Waals surface area (Å²) in [5, 5.41) is 0. The monoisotopic (exact) mass is 235 g/mol. The second kappa shape index (κ2) is 6.46. The van der Waals surface area contributed by atoms with E-state index in [0.717, 1.165) is 19.4 Å². The van der Waals surface area contributed by atoms with Crippen LogP contribution in [0.3, 0.4) is 0 Å². The molecule has 0 saturated heterocycles. The number of carbonyl (C=O) groups excluding carboxylic acids is 1. The van der Waals surface area contributed by atoms with Gasteiger partial charge in [-0.15, -0.1) is 0 Å². The number of rotatable bonds is 5. The van der Waals surface area contributed by atoms with E-state index in [2.05, 4.69) is 22.9 Å². The van der Waals surface area contributed by atoms with Gasteiger partial charge in [-0.1, -0.05) is 29.8 Å². The molecule has 0 radical (unpaired) electrons. The van der Waals surface area contributed by atoms with Gasteiger partial charge in [0.05, 0.1) is 0 Å². The topological polar surface area (TPSA) is 20.3 Å². The minimum absolute atomic E-state index is 0.255. The zero-order valence-electron chi connectivity index (χ0n) is 8.14. The van der Waals surface area contributed by atoms with Gasteiger partial charge in [-0.25, -0.2) is 0 Å². The predicted octanol–water partition coefficient (Wildman–Crippen LogP) is 2.42. The molecule has 1 amide bonds. The molecule has 0 aromatic heterocycles. The van der Waals surface area contributed by atoms with E-state index in [-0.39, 0.29) is 5.91 Å². The van der Waals surface area contributed by atoms with Crippen molar-refractivity contribution in [2.24, 2.45) is 0 Å². The molecular formula is C9H18BrNO. The summed E-state index contributed by atoms with van der Waals surface area (Å²) in [6.45, 7) is 4.97. The Labute approximate surface area is 83.4 Å². The molecule has 2 nitrogen and oxygen atoms in total. The Morgan fingerprint density at radius 2 is 2.17 bits per heavy atom. The van der Waals surface area contributed by atoms with Crippen molar-refractivity contribution in [2.75, 3.05) is 13.6 Å². The van der Waals surface area contributed by atoms with Crippen LogP contribution in [0.5, 0.6) is 0 Å². The Bertz CT molecular complexity index is 136. The summed E-state index contributed by atoms with van der Waals surface area (Å²) in [5.41, 5.74) is 0. The average molecular weight is 236 g/mol. The van der Waals surface area contributed by atoms with Crippen LogP contribution in [-0.2, 0) is 4.79 Å². The Kier molecular flexibility index (Phi) is 6.44. The van der Waals surface area contributed by atoms with Gasteiger partial charge in [-0.3, -0.25) is 4.79 Å². The molecule has 0 aliphatic rings. The molecule has 0 aromatic carbocycles. The van der Waals surface area contributed by atoms with Crippen LogP contribution in [0.15, 0.2) is 0 Å². The normalized spacial score (nSPS) is 12.7. The molecule has 1 unspecified atom stereocenters. The Hall–Kier alpha value is -0.0500. The van der Waals surface area contributed by atoms with Crippen molar-refractivity contribution in [3.63, 3.8) is 0 Å². The highest BCUT2D eigenvalue weighted by atomic mass is 79.9. The lowest BCUT2D eigenvalue weighted by Gasteiger charge is -2.17. The van der Waals surface area contributed by atoms with Gasteiger partial charge in [0.25, 0.3) is 0 Å². The van der Waals surface area contributed by atoms with Crippen LogP contribution in [0.2, 0.25) is 0 Å². The highest BCUT2D eigenvalue weighted by molar-refractivity contribution is 9.09. The van der Waals surface area contributed by atoms with Crippen LogP contribution in [0.25, 0.3) is 0 Å². The summed E-state index contributed by atoms with van der Waals surface area (Å²) in [6, 6.07) is 0. The molecule has 0 aliphatic heterocycles. The van der Waals surface area contributed by atoms with E-state index >= 15 is 0 Å². The molecule has 0 bridgehead atoms. The quantitative estimate of drug-likeness (QED) is 0.671. The van der Waals surface area contributed by atoms with Crippen molar-refractivity contribution < 1.29 is 4.79 Å². The zero-order valence-corrected chi connectivity index (χ0v) is 9.73. The van der Waals surface area contributed by atoms with Crippen LogP contribution in [-0.4, -0.2) is 29.2 Å². The van der Waals surface area contributed by atoms with E-state index < -0.39 is 0 Å². The Morgan fingerprint density at radius 1 is 1.58 bits per heavy atom. The SMILES string of the molecule is CCCC(=O)N(C)CCC(C)Br. The van der Waals surface area contributed by atoms with Crippen molar-refractivity contribution >= 4 is 21.8 Å². The second-order valence-electron chi connectivity index (χ2n) is 3.13. The number of amides is 1. The van der Waals surface area contributed by atoms with Crippen molar-refractivity contribution in [3.05, 3.63) is 0 Å². The molecule has 0 heterocycles. The molecule has 0 N–H and O–H groups in total. The van der Waals surface area contributed by atoms with Gasteiger partial charge in [0.2, 0.25) is 5.91 Å². The minimum atomic E-state index is 0.255. The molecule has 1 atom stereocenters. The van der Waals surface area contributed by atoms with Crippen LogP contribution in [0.4, 0.5) is 0 Å². The predicted molar refractivity (Wildman–Crippen MR) is 55.6 cm³/mol. The van der Waals surface area contributed by atoms with Gasteiger partial charge in [0.15, 0.2) is 0 Å². The number of alkyl halides is 1. The molecule has 12 heavy (non-hydrogen) atoms. The molecule has 0 spiro atoms. The van der Waals surface area contributed by atoms with Gasteiger partial charge in [-0.2, -0.15) is 0 Å². The lowest BCUT2D eigenvalue weighted by atomic mass is 10.3. The van der Waals surface area contributed by atoms with Gasteiger partial charge in [0, 0.05) is 24.8 Å². The fourth-order valence-corrected chi connectivity index (χ4v) is 1.11. The van der Waals surface area contributed by atoms with Gasteiger partial charge in [0.1, 0.15) is 0 Å². The lowest BCUT2D eigenvalue weighted by Crippen LogP contribution is -2.28. The zero-order chi connectivity index (χ0) is 9.56. The van der Waals surface area contributed by atoms with Crippen molar-refractivity contribution in [1.82, 2.24) is 4.90 Å². The van der Waals surface area contributed by atoms with Crippen LogP contribution >= 0.6 is 15.9 Å². The maximum atomic E-state index is 11.3. The van der Waals surface area contributed by atoms with Gasteiger partial charge >= 0.3 is 0 Å². The number of hydrogen-bond donors (Lipinski definition) is 0. The molecule has 3 heteroatoms. The second-order valence-corrected chi connectivity index (χ2v) is 4.70. The maximum Gasteiger partial charge on any atom is 0.222 e. The molecular weight excluding hydrogens is 218 g/mol. The lowest BCUT2D eigenvalue weighted by molar-refractivity contribution is -0.129. The largest absolute Gasteiger partial charge is 0.346 e. The van der Waals surface area contributed by atoms with Gasteiger partial charge < -0.3 is 4.90 Å². The fourth-order valence-electron chi connectivity index (χ4n) is 0.901. The van der Waals surface area contributed by atoms with Crippen LogP contribution in [0, 0.1) is 0 Å². The van der Waals surface area contributed by atoms with E-state index in [1.54, 1.807) is 4.90 Å². The molecule has 0 aromatic rings. The fraction of sp³-hybridized carbons (Fsp3) is 0.889. The Balaban J connectivity index is 3.56. The maximum absolute atomic E-state index is 11.3. The smallest absolute Gasteiger partial charge is 0.222 e. The third kappa shape index (κ3) is 5.58. The van der Waals surface area contributed by atoms with Crippen molar-refractivity contribution in [3.8, 4) is 0 Å². The molecule has 0 rings (SSSR count). The number of halogens is 1. The highest BCUT2D eigenvalue weighted by Crippen LogP contribution is 2.04. The third-order valence-electron chi connectivity index (χ3n) is 1.75. The third-order valence-corrected chi connectivity index (χ3v) is 2.21. The highest BCUT2D eigenvalue weighted by Gasteiger charge is 2.07. The summed E-state index contributed by atoms with van der Waals surface area (Å²) >= 11 is 3.45. The number of hydrogen-bond acceptors (Lipinski definition) is 1. The van der Waals surface area contributed by atoms with E-state index in [1.807, 2.05) is 14.0 Å². The minimum Gasteiger partial charge on any atom is -0.346 e. The molecule has 72 valence electrons. The first kappa shape index (κ1) is 11.9. The van der Waals surface area contributed by atoms with E-state index in [1.165, 1.54) is 0 Å². The van der Waals surface area contributed by atoms with Crippen LogP contribution in [0.1, 0.15) is 33.1 Å². The summed E-state index contributed by atoms with van der Waals surface area (Å²) in [5.74, 6) is 0.255. The Morgan fingerprint density at radius 3 is 2.58 bits per heavy atom. The van der Waals surface area contributed by atoms with Crippen LogP contribution < -0.4 is 0 Å². The molecule has 0 fully saturated rings. The van der Waals surface area contributed by atoms with Crippen molar-refractivity contribution in [2.45, 2.75) is 37.9 Å². The van der Waals surface area contributed by atoms with E-state index in [9.17, 15) is 4.79 Å². The number of nitrogens with zero attached hydrogens (tertiary/aromatic N) is 1. The van der Waals surface area contributed by atoms with E-state index in [0.29, 0.717) is 11.2 Å². The first-order chi connectivity index (χ1) is 5.57. The first-order valence-electron chi connectivity index (χ1n) is 4.46. The van der Waals surface area contributed by atoms with E-state index in [4.69, 9.17) is 0 Å². The average Bonchev–Trinajstić information content (AvgIpc) is 2.00. The van der Waals surface area contributed by atoms with Crippen molar-refractivity contribution in [1.29, 1.82) is 0 Å². The molecule has 0 aliphatic carbocycles. The summed E-state index contributed by atoms with van der Waals surface area (Å²) < 4.78 is 0. The number of carbonyl (C=O) groups is 1. The summed E-state index contributed by atoms with van der Waals surface area (Å²) in [6.07, 6.45) is 2.63. The molecule has 0 saturated carbocycles. The summed E-state index contributed by atoms with van der Waals surface area (Å²) in [7, 11) is 1.87. The summed E-state index contributed by atoms with van der Waals surface area (Å²) in [4.78, 5) is 13.6. The van der Waals surface area contributed by atoms with Gasteiger partial charge in [-0.05, 0) is 12.8 Å². The first-order valence-corrected chi connectivity index (χ1v) is 5.37. The standard InChI is InChI=1S/C9H18BrNO/c1-4-5-9(12)11(3)7-6-8(2)10/h8H,4-7H2,1-3H3.